The van der Waals surface area contributed by atoms with Gasteiger partial charge in [0.05, 0.1) is 0 Å². The third kappa shape index (κ3) is 14.3. The molecule has 0 aliphatic heterocycles. The van der Waals surface area contributed by atoms with Crippen LogP contribution in [0, 0.1) is 16.2 Å². The summed E-state index contributed by atoms with van der Waals surface area (Å²) in [6.07, 6.45) is 0. The Morgan fingerprint density at radius 1 is 0.153 bits per heavy atom. The molecule has 0 unspecified atom stereocenters. The van der Waals surface area contributed by atoms with Gasteiger partial charge in [0.2, 0.25) is 0 Å². The Labute approximate surface area is 505 Å². The highest BCUT2D eigenvalue weighted by atomic mass is 14.2. The zero-order valence-corrected chi connectivity index (χ0v) is 52.1. The zero-order chi connectivity index (χ0) is 59.9. The van der Waals surface area contributed by atoms with Crippen molar-refractivity contribution in [2.75, 3.05) is 0 Å². The van der Waals surface area contributed by atoms with E-state index in [0.29, 0.717) is 16.2 Å². The van der Waals surface area contributed by atoms with Crippen molar-refractivity contribution in [3.8, 4) is 22.3 Å². The molecule has 0 saturated carbocycles. The minimum Gasteiger partial charge on any atom is -0.0622 e. The summed E-state index contributed by atoms with van der Waals surface area (Å²) in [5.74, 6) is 0. The van der Waals surface area contributed by atoms with Crippen molar-refractivity contribution in [2.24, 2.45) is 16.2 Å². The molecule has 15 aromatic rings. The Morgan fingerprint density at radius 3 is 0.671 bits per heavy atom. The molecule has 0 atom stereocenters. The van der Waals surface area contributed by atoms with Crippen LogP contribution in [0.4, 0.5) is 0 Å². The predicted octanol–water partition coefficient (Wildman–Crippen LogP) is 26.1. The summed E-state index contributed by atoms with van der Waals surface area (Å²) in [5.41, 5.74) is 6.59. The highest BCUT2D eigenvalue weighted by molar-refractivity contribution is 6.28. The van der Waals surface area contributed by atoms with Crippen molar-refractivity contribution >= 4 is 108 Å². The van der Waals surface area contributed by atoms with E-state index in [9.17, 15) is 0 Å². The van der Waals surface area contributed by atoms with Crippen molar-refractivity contribution < 1.29 is 0 Å². The van der Waals surface area contributed by atoms with Gasteiger partial charge in [0, 0.05) is 0 Å². The lowest BCUT2D eigenvalue weighted by atomic mass is 9.91. The molecule has 0 saturated heterocycles. The quantitative estimate of drug-likeness (QED) is 0.151. The number of fused-ring (bicyclic) bond motifs is 19. The Balaban J connectivity index is 0.000000128. The molecule has 0 fully saturated rings. The van der Waals surface area contributed by atoms with E-state index in [2.05, 4.69) is 362 Å². The standard InChI is InChI=1S/C28H18.C24H16.C18H12.3C5H12/c1-2-10-21-19(8-1)9-7-15-22(21)20-16-17-27-25-13-4-3-11-23(25)24-12-5-6-14-26(24)28(27)18-20;1-2-8-17(9-3-1)18-14-15-23-21-12-5-4-10-19(21)20-11-6-7-13-22(20)24(23)16-18;1-2-8-14-13(7-1)15-9-3-4-11-17(15)18-12-6-5-10-16(14)18;3*1-5(2,3)4/h1-18H;1-16H;1-12H;3*1-4H3. The van der Waals surface area contributed by atoms with Crippen LogP contribution in [0.3, 0.4) is 0 Å². The Kier molecular flexibility index (Phi) is 17.7. The molecule has 0 spiro atoms. The summed E-state index contributed by atoms with van der Waals surface area (Å²) in [6, 6.07) is 100. The van der Waals surface area contributed by atoms with E-state index in [1.165, 1.54) is 130 Å². The van der Waals surface area contributed by atoms with Crippen molar-refractivity contribution in [1.82, 2.24) is 0 Å². The molecule has 0 heteroatoms. The van der Waals surface area contributed by atoms with Gasteiger partial charge in [0.15, 0.2) is 0 Å². The van der Waals surface area contributed by atoms with Crippen LogP contribution in [0.2, 0.25) is 0 Å². The van der Waals surface area contributed by atoms with Crippen LogP contribution in [-0.2, 0) is 0 Å². The summed E-state index contributed by atoms with van der Waals surface area (Å²) < 4.78 is 0. The van der Waals surface area contributed by atoms with E-state index in [-0.39, 0.29) is 0 Å². The average molecular weight is 1100 g/mol. The topological polar surface area (TPSA) is 0 Å². The van der Waals surface area contributed by atoms with Gasteiger partial charge in [-0.25, -0.2) is 0 Å². The first kappa shape index (κ1) is 59.1. The summed E-state index contributed by atoms with van der Waals surface area (Å²) in [4.78, 5) is 0. The maximum Gasteiger partial charge on any atom is -0.00928 e. The minimum absolute atomic E-state index is 0.500. The first-order valence-electron chi connectivity index (χ1n) is 30.2. The van der Waals surface area contributed by atoms with Crippen LogP contribution in [0.15, 0.2) is 279 Å². The van der Waals surface area contributed by atoms with E-state index in [4.69, 9.17) is 0 Å². The average Bonchev–Trinajstić information content (AvgIpc) is 2.19. The first-order chi connectivity index (χ1) is 40.8. The minimum atomic E-state index is 0.500. The fraction of sp³-hybridized carbons (Fsp3) is 0.176. The molecule has 0 nitrogen and oxygen atoms in total. The molecule has 0 amide bonds. The largest absolute Gasteiger partial charge is 0.0622 e. The van der Waals surface area contributed by atoms with Crippen molar-refractivity contribution in [3.05, 3.63) is 279 Å². The molecule has 15 aromatic carbocycles. The molecular weight excluding hydrogens is 1020 g/mol. The lowest BCUT2D eigenvalue weighted by molar-refractivity contribution is 0.469. The summed E-state index contributed by atoms with van der Waals surface area (Å²) >= 11 is 0. The van der Waals surface area contributed by atoms with Gasteiger partial charge in [0.25, 0.3) is 0 Å². The second-order valence-electron chi connectivity index (χ2n) is 27.2. The summed E-state index contributed by atoms with van der Waals surface area (Å²) in [6.45, 7) is 26.2. The highest BCUT2D eigenvalue weighted by Crippen LogP contribution is 2.40. The second-order valence-corrected chi connectivity index (χ2v) is 27.2. The number of hydrogen-bond acceptors (Lipinski definition) is 0. The van der Waals surface area contributed by atoms with E-state index in [1.54, 1.807) is 0 Å². The van der Waals surface area contributed by atoms with Crippen molar-refractivity contribution in [3.63, 3.8) is 0 Å². The molecule has 0 bridgehead atoms. The highest BCUT2D eigenvalue weighted by Gasteiger charge is 2.13. The first-order valence-corrected chi connectivity index (χ1v) is 30.2. The third-order valence-electron chi connectivity index (χ3n) is 14.3. The van der Waals surface area contributed by atoms with Gasteiger partial charge in [-0.3, -0.25) is 0 Å². The molecule has 422 valence electrons. The fourth-order valence-electron chi connectivity index (χ4n) is 11.1. The van der Waals surface area contributed by atoms with E-state index in [0.717, 1.165) is 0 Å². The SMILES string of the molecule is CC(C)(C)C.CC(C)(C)C.CC(C)(C)C.c1ccc(-c2ccc3c4ccccc4c4ccccc4c3c2)cc1.c1ccc2c(-c3ccc4c5ccccc5c5ccccc5c4c3)cccc2c1.c1ccc2c(c1)c1ccccc1c1ccccc21. The molecule has 15 rings (SSSR count). The molecule has 85 heavy (non-hydrogen) atoms. The lowest BCUT2D eigenvalue weighted by Crippen LogP contribution is -1.93. The van der Waals surface area contributed by atoms with Crippen molar-refractivity contribution in [1.29, 1.82) is 0 Å². The van der Waals surface area contributed by atoms with Gasteiger partial charge in [0.1, 0.15) is 0 Å². The Hall–Kier alpha value is -9.10. The van der Waals surface area contributed by atoms with Crippen LogP contribution in [0.5, 0.6) is 0 Å². The predicted molar refractivity (Wildman–Crippen MR) is 381 cm³/mol. The van der Waals surface area contributed by atoms with Crippen molar-refractivity contribution in [2.45, 2.75) is 83.1 Å². The number of hydrogen-bond donors (Lipinski definition) is 0. The molecule has 0 aliphatic carbocycles. The molecule has 0 aromatic heterocycles. The molecule has 0 radical (unpaired) electrons. The third-order valence-corrected chi connectivity index (χ3v) is 14.3. The van der Waals surface area contributed by atoms with Gasteiger partial charge in [-0.15, -0.1) is 0 Å². The summed E-state index contributed by atoms with van der Waals surface area (Å²) in [5, 5.41) is 26.5. The molecule has 0 aliphatic rings. The maximum atomic E-state index is 2.37. The Morgan fingerprint density at radius 2 is 0.365 bits per heavy atom. The van der Waals surface area contributed by atoms with E-state index >= 15 is 0 Å². The normalized spacial score (nSPS) is 11.5. The Bertz CT molecular complexity index is 4440. The fourth-order valence-corrected chi connectivity index (χ4v) is 11.1. The van der Waals surface area contributed by atoms with Gasteiger partial charge < -0.3 is 0 Å². The number of rotatable bonds is 2. The van der Waals surface area contributed by atoms with Crippen LogP contribution < -0.4 is 0 Å². The van der Waals surface area contributed by atoms with Crippen LogP contribution >= 0.6 is 0 Å². The van der Waals surface area contributed by atoms with Gasteiger partial charge >= 0.3 is 0 Å². The summed E-state index contributed by atoms with van der Waals surface area (Å²) in [7, 11) is 0. The van der Waals surface area contributed by atoms with Gasteiger partial charge in [-0.05, 0) is 158 Å². The number of benzene rings is 15. The maximum absolute atomic E-state index is 2.37. The van der Waals surface area contributed by atoms with Crippen LogP contribution in [0.25, 0.3) is 130 Å². The second kappa shape index (κ2) is 25.4. The van der Waals surface area contributed by atoms with Gasteiger partial charge in [-0.2, -0.15) is 0 Å². The van der Waals surface area contributed by atoms with E-state index in [1.807, 2.05) is 0 Å². The molecule has 0 N–H and O–H groups in total. The van der Waals surface area contributed by atoms with Crippen LogP contribution in [-0.4, -0.2) is 0 Å². The van der Waals surface area contributed by atoms with E-state index < -0.39 is 0 Å². The van der Waals surface area contributed by atoms with Gasteiger partial charge in [-0.1, -0.05) is 350 Å². The van der Waals surface area contributed by atoms with Crippen LogP contribution in [0.1, 0.15) is 83.1 Å². The smallest absolute Gasteiger partial charge is 0.00928 e. The lowest BCUT2D eigenvalue weighted by Gasteiger charge is -2.13. The zero-order valence-electron chi connectivity index (χ0n) is 52.1. The molecule has 0 heterocycles. The monoisotopic (exact) mass is 1100 g/mol. The molecular formula is C85H82.